The Kier molecular flexibility index (Phi) is 4.69. The molecule has 0 spiro atoms. The molecule has 0 fully saturated rings. The molecule has 1 aromatic carbocycles. The number of nitrogens with zero attached hydrogens (tertiary/aromatic N) is 5. The first kappa shape index (κ1) is 19.3. The van der Waals surface area contributed by atoms with Crippen LogP contribution in [0.25, 0.3) is 10.9 Å². The van der Waals surface area contributed by atoms with E-state index in [9.17, 15) is 4.79 Å². The first-order chi connectivity index (χ1) is 15.0. The van der Waals surface area contributed by atoms with E-state index >= 15 is 0 Å². The van der Waals surface area contributed by atoms with Crippen LogP contribution in [-0.4, -0.2) is 31.0 Å². The fourth-order valence-electron chi connectivity index (χ4n) is 4.41. The number of benzene rings is 1. The minimum atomic E-state index is -0.630. The summed E-state index contributed by atoms with van der Waals surface area (Å²) in [6, 6.07) is 9.79. The van der Waals surface area contributed by atoms with Crippen molar-refractivity contribution in [3.05, 3.63) is 71.3 Å². The van der Waals surface area contributed by atoms with Crippen molar-refractivity contribution in [1.29, 1.82) is 0 Å². The molecule has 3 aromatic heterocycles. The van der Waals surface area contributed by atoms with E-state index in [1.54, 1.807) is 19.2 Å². The zero-order chi connectivity index (χ0) is 21.5. The average Bonchev–Trinajstić information content (AvgIpc) is 3.46. The SMILES string of the molecule is Cc1cc(C(=O)O/N=C2/c3c(n(C)c4ccccc34)CCC2Cn2ccnc2C)no1. The lowest BCUT2D eigenvalue weighted by atomic mass is 9.84. The van der Waals surface area contributed by atoms with Crippen LogP contribution in [0.2, 0.25) is 0 Å². The third-order valence-corrected chi connectivity index (χ3v) is 6.01. The van der Waals surface area contributed by atoms with Gasteiger partial charge in [0.05, 0.1) is 5.71 Å². The second-order valence-electron chi connectivity index (χ2n) is 7.94. The van der Waals surface area contributed by atoms with Gasteiger partial charge in [-0.05, 0) is 32.8 Å². The molecule has 1 aliphatic carbocycles. The largest absolute Gasteiger partial charge is 0.387 e. The van der Waals surface area contributed by atoms with Crippen molar-refractivity contribution >= 4 is 22.6 Å². The lowest BCUT2D eigenvalue weighted by Crippen LogP contribution is -2.28. The van der Waals surface area contributed by atoms with Crippen molar-refractivity contribution in [1.82, 2.24) is 19.3 Å². The van der Waals surface area contributed by atoms with Gasteiger partial charge in [0.1, 0.15) is 11.6 Å². The van der Waals surface area contributed by atoms with Gasteiger partial charge in [-0.2, -0.15) is 0 Å². The number of carbonyl (C=O) groups excluding carboxylic acids is 1. The molecular weight excluding hydrogens is 394 g/mol. The predicted octanol–water partition coefficient (Wildman–Crippen LogP) is 3.80. The molecule has 31 heavy (non-hydrogen) atoms. The molecule has 0 aliphatic heterocycles. The summed E-state index contributed by atoms with van der Waals surface area (Å²) >= 11 is 0. The van der Waals surface area contributed by atoms with Gasteiger partial charge in [0.15, 0.2) is 5.69 Å². The molecule has 158 valence electrons. The smallest absolute Gasteiger partial charge is 0.361 e. The zero-order valence-electron chi connectivity index (χ0n) is 17.7. The number of hydrogen-bond donors (Lipinski definition) is 0. The summed E-state index contributed by atoms with van der Waals surface area (Å²) < 4.78 is 9.31. The van der Waals surface area contributed by atoms with E-state index in [0.29, 0.717) is 12.3 Å². The van der Waals surface area contributed by atoms with Gasteiger partial charge in [-0.25, -0.2) is 9.78 Å². The monoisotopic (exact) mass is 417 g/mol. The zero-order valence-corrected chi connectivity index (χ0v) is 17.7. The number of hydrogen-bond acceptors (Lipinski definition) is 6. The molecule has 1 unspecified atom stereocenters. The molecule has 0 bridgehead atoms. The Morgan fingerprint density at radius 2 is 2.16 bits per heavy atom. The van der Waals surface area contributed by atoms with E-state index in [4.69, 9.17) is 9.36 Å². The average molecular weight is 417 g/mol. The van der Waals surface area contributed by atoms with Gasteiger partial charge < -0.3 is 18.5 Å². The summed E-state index contributed by atoms with van der Waals surface area (Å²) in [5, 5.41) is 9.25. The van der Waals surface area contributed by atoms with Crippen LogP contribution < -0.4 is 0 Å². The molecule has 0 amide bonds. The first-order valence-electron chi connectivity index (χ1n) is 10.3. The normalized spacial score (nSPS) is 17.3. The minimum absolute atomic E-state index is 0.0815. The predicted molar refractivity (Wildman–Crippen MR) is 115 cm³/mol. The maximum Gasteiger partial charge on any atom is 0.387 e. The summed E-state index contributed by atoms with van der Waals surface area (Å²) in [7, 11) is 2.07. The Morgan fingerprint density at radius 3 is 2.90 bits per heavy atom. The number of aryl methyl sites for hydroxylation is 3. The van der Waals surface area contributed by atoms with Crippen molar-refractivity contribution < 1.29 is 14.2 Å². The van der Waals surface area contributed by atoms with E-state index in [2.05, 4.69) is 43.6 Å². The quantitative estimate of drug-likeness (QED) is 0.372. The van der Waals surface area contributed by atoms with Crippen LogP contribution in [0.3, 0.4) is 0 Å². The van der Waals surface area contributed by atoms with Crippen molar-refractivity contribution in [3.8, 4) is 0 Å². The standard InChI is InChI=1S/C23H23N5O3/c1-14-12-18(25-30-14)23(29)31-26-22-16(13-28-11-10-24-15(28)2)8-9-20-21(22)17-6-4-5-7-19(17)27(20)3/h4-7,10-12,16H,8-9,13H2,1-3H3/b26-22+. The molecule has 4 aromatic rings. The third kappa shape index (κ3) is 3.34. The Hall–Kier alpha value is -3.68. The van der Waals surface area contributed by atoms with E-state index in [0.717, 1.165) is 40.8 Å². The molecule has 0 N–H and O–H groups in total. The highest BCUT2D eigenvalue weighted by molar-refractivity contribution is 6.14. The highest BCUT2D eigenvalue weighted by Gasteiger charge is 2.32. The van der Waals surface area contributed by atoms with Crippen molar-refractivity contribution in [2.75, 3.05) is 0 Å². The highest BCUT2D eigenvalue weighted by Crippen LogP contribution is 2.35. The molecule has 8 nitrogen and oxygen atoms in total. The lowest BCUT2D eigenvalue weighted by Gasteiger charge is -2.25. The molecule has 1 aliphatic rings. The number of oxime groups is 1. The van der Waals surface area contributed by atoms with Crippen LogP contribution in [-0.2, 0) is 24.9 Å². The van der Waals surface area contributed by atoms with Gasteiger partial charge in [0.2, 0.25) is 0 Å². The topological polar surface area (TPSA) is 87.4 Å². The molecule has 3 heterocycles. The summed E-state index contributed by atoms with van der Waals surface area (Å²) in [5.74, 6) is 0.938. The van der Waals surface area contributed by atoms with Crippen molar-refractivity contribution in [2.45, 2.75) is 33.2 Å². The molecular formula is C23H23N5O3. The summed E-state index contributed by atoms with van der Waals surface area (Å²) in [6.07, 6.45) is 5.59. The van der Waals surface area contributed by atoms with E-state index < -0.39 is 5.97 Å². The van der Waals surface area contributed by atoms with Crippen LogP contribution >= 0.6 is 0 Å². The number of imidazole rings is 1. The van der Waals surface area contributed by atoms with Crippen molar-refractivity contribution in [3.63, 3.8) is 0 Å². The summed E-state index contributed by atoms with van der Waals surface area (Å²) in [4.78, 5) is 22.2. The molecule has 0 saturated carbocycles. The van der Waals surface area contributed by atoms with E-state index in [-0.39, 0.29) is 11.6 Å². The number of aromatic nitrogens is 4. The van der Waals surface area contributed by atoms with Gasteiger partial charge in [-0.15, -0.1) is 0 Å². The number of fused-ring (bicyclic) bond motifs is 3. The van der Waals surface area contributed by atoms with E-state index in [1.807, 2.05) is 25.3 Å². The Morgan fingerprint density at radius 1 is 1.32 bits per heavy atom. The second-order valence-corrected chi connectivity index (χ2v) is 7.94. The number of para-hydroxylation sites is 1. The Labute approximate surface area is 179 Å². The van der Waals surface area contributed by atoms with Gasteiger partial charge in [0.25, 0.3) is 0 Å². The molecule has 5 rings (SSSR count). The molecule has 0 saturated heterocycles. The molecule has 1 atom stereocenters. The molecule has 0 radical (unpaired) electrons. The highest BCUT2D eigenvalue weighted by atomic mass is 16.7. The second kappa shape index (κ2) is 7.54. The number of carbonyl (C=O) groups is 1. The van der Waals surface area contributed by atoms with Gasteiger partial charge in [0, 0.05) is 60.1 Å². The number of rotatable bonds is 4. The summed E-state index contributed by atoms with van der Waals surface area (Å²) in [6.45, 7) is 4.42. The maximum absolute atomic E-state index is 12.5. The van der Waals surface area contributed by atoms with Gasteiger partial charge >= 0.3 is 5.97 Å². The van der Waals surface area contributed by atoms with Crippen molar-refractivity contribution in [2.24, 2.45) is 18.1 Å². The lowest BCUT2D eigenvalue weighted by molar-refractivity contribution is 0.0501. The van der Waals surface area contributed by atoms with Crippen LogP contribution in [0, 0.1) is 19.8 Å². The molecule has 8 heteroatoms. The Bertz CT molecular complexity index is 1310. The van der Waals surface area contributed by atoms with Crippen LogP contribution in [0.4, 0.5) is 0 Å². The van der Waals surface area contributed by atoms with E-state index in [1.165, 1.54) is 5.69 Å². The maximum atomic E-state index is 12.5. The Balaban J connectivity index is 1.58. The summed E-state index contributed by atoms with van der Waals surface area (Å²) in [5.41, 5.74) is 4.28. The van der Waals surface area contributed by atoms with Gasteiger partial charge in [-0.1, -0.05) is 28.5 Å². The van der Waals surface area contributed by atoms with Gasteiger partial charge in [-0.3, -0.25) is 0 Å². The van der Waals surface area contributed by atoms with Crippen LogP contribution in [0.5, 0.6) is 0 Å². The van der Waals surface area contributed by atoms with Crippen LogP contribution in [0.15, 0.2) is 52.4 Å². The first-order valence-corrected chi connectivity index (χ1v) is 10.3. The fraction of sp³-hybridized carbons (Fsp3) is 0.304. The van der Waals surface area contributed by atoms with Crippen LogP contribution in [0.1, 0.15) is 39.8 Å². The minimum Gasteiger partial charge on any atom is -0.361 e. The fourth-order valence-corrected chi connectivity index (χ4v) is 4.41. The third-order valence-electron chi connectivity index (χ3n) is 6.01.